The molecular weight excluding hydrogens is 247 g/mol. The zero-order valence-electron chi connectivity index (χ0n) is 10.8. The Morgan fingerprint density at radius 3 is 3.11 bits per heavy atom. The molecule has 5 heteroatoms. The van der Waals surface area contributed by atoms with E-state index in [4.69, 9.17) is 5.11 Å². The Morgan fingerprint density at radius 1 is 1.53 bits per heavy atom. The van der Waals surface area contributed by atoms with Crippen molar-refractivity contribution in [1.29, 1.82) is 0 Å². The molecule has 1 atom stereocenters. The summed E-state index contributed by atoms with van der Waals surface area (Å²) in [6, 6.07) is 5.87. The van der Waals surface area contributed by atoms with Crippen molar-refractivity contribution in [2.45, 2.75) is 31.7 Å². The first-order chi connectivity index (χ1) is 9.20. The Kier molecular flexibility index (Phi) is 4.74. The van der Waals surface area contributed by atoms with E-state index in [1.54, 1.807) is 17.0 Å². The van der Waals surface area contributed by atoms with Gasteiger partial charge in [0, 0.05) is 24.9 Å². The molecule has 1 heterocycles. The van der Waals surface area contributed by atoms with Crippen molar-refractivity contribution in [2.75, 3.05) is 18.5 Å². The molecule has 1 aliphatic rings. The Hall–Kier alpha value is -1.62. The summed E-state index contributed by atoms with van der Waals surface area (Å²) in [6.07, 6.45) is 3.46. The summed E-state index contributed by atoms with van der Waals surface area (Å²) >= 11 is 0. The van der Waals surface area contributed by atoms with Crippen LogP contribution in [0, 0.1) is 5.82 Å². The number of likely N-dealkylation sites (tertiary alicyclic amines) is 1. The van der Waals surface area contributed by atoms with Gasteiger partial charge in [-0.25, -0.2) is 9.18 Å². The second-order valence-electron chi connectivity index (χ2n) is 4.80. The minimum atomic E-state index is -0.365. The van der Waals surface area contributed by atoms with E-state index in [0.29, 0.717) is 12.1 Å². The van der Waals surface area contributed by atoms with Crippen molar-refractivity contribution in [3.63, 3.8) is 0 Å². The summed E-state index contributed by atoms with van der Waals surface area (Å²) in [4.78, 5) is 13.9. The number of carbonyl (C=O) groups excluding carboxylic acids is 1. The molecule has 2 rings (SSSR count). The smallest absolute Gasteiger partial charge is 0.322 e. The number of rotatable bonds is 4. The van der Waals surface area contributed by atoms with Crippen LogP contribution in [0.5, 0.6) is 0 Å². The second kappa shape index (κ2) is 6.52. The number of amides is 2. The molecule has 0 aromatic heterocycles. The Balaban J connectivity index is 1.95. The van der Waals surface area contributed by atoms with Gasteiger partial charge in [0.1, 0.15) is 5.82 Å². The molecule has 1 aliphatic heterocycles. The van der Waals surface area contributed by atoms with Crippen molar-refractivity contribution in [2.24, 2.45) is 0 Å². The average molecular weight is 266 g/mol. The van der Waals surface area contributed by atoms with Crippen LogP contribution in [-0.2, 0) is 0 Å². The first kappa shape index (κ1) is 13.8. The highest BCUT2D eigenvalue weighted by molar-refractivity contribution is 5.89. The maximum Gasteiger partial charge on any atom is 0.322 e. The Labute approximate surface area is 112 Å². The third-order valence-corrected chi connectivity index (χ3v) is 3.41. The van der Waals surface area contributed by atoms with Crippen LogP contribution < -0.4 is 5.32 Å². The van der Waals surface area contributed by atoms with E-state index < -0.39 is 0 Å². The van der Waals surface area contributed by atoms with Crippen LogP contribution in [0.15, 0.2) is 24.3 Å². The monoisotopic (exact) mass is 266 g/mol. The van der Waals surface area contributed by atoms with E-state index in [1.807, 2.05) is 0 Å². The number of anilines is 1. The summed E-state index contributed by atoms with van der Waals surface area (Å²) < 4.78 is 13.0. The number of nitrogens with one attached hydrogen (secondary N) is 1. The summed E-state index contributed by atoms with van der Waals surface area (Å²) in [6.45, 7) is 0.868. The molecule has 0 spiro atoms. The molecule has 1 unspecified atom stereocenters. The van der Waals surface area contributed by atoms with Crippen LogP contribution in [0.1, 0.15) is 25.7 Å². The molecule has 1 aromatic rings. The summed E-state index contributed by atoms with van der Waals surface area (Å²) in [5, 5.41) is 11.6. The lowest BCUT2D eigenvalue weighted by Crippen LogP contribution is -2.38. The first-order valence-electron chi connectivity index (χ1n) is 6.65. The summed E-state index contributed by atoms with van der Waals surface area (Å²) in [5.41, 5.74) is 0.470. The van der Waals surface area contributed by atoms with Gasteiger partial charge in [-0.15, -0.1) is 0 Å². The van der Waals surface area contributed by atoms with Crippen molar-refractivity contribution in [3.8, 4) is 0 Å². The minimum absolute atomic E-state index is 0.149. The molecule has 0 aliphatic carbocycles. The van der Waals surface area contributed by atoms with E-state index in [-0.39, 0.29) is 24.5 Å². The molecule has 19 heavy (non-hydrogen) atoms. The van der Waals surface area contributed by atoms with Gasteiger partial charge in [-0.05, 0) is 43.9 Å². The van der Waals surface area contributed by atoms with E-state index in [9.17, 15) is 9.18 Å². The average Bonchev–Trinajstić information content (AvgIpc) is 2.84. The highest BCUT2D eigenvalue weighted by Crippen LogP contribution is 2.22. The van der Waals surface area contributed by atoms with Gasteiger partial charge < -0.3 is 15.3 Å². The predicted molar refractivity (Wildman–Crippen MR) is 71.5 cm³/mol. The molecule has 2 amide bonds. The lowest BCUT2D eigenvalue weighted by Gasteiger charge is -2.24. The van der Waals surface area contributed by atoms with E-state index in [0.717, 1.165) is 25.8 Å². The number of nitrogens with zero attached hydrogens (tertiary/aromatic N) is 1. The maximum atomic E-state index is 13.0. The van der Waals surface area contributed by atoms with Crippen LogP contribution in [0.4, 0.5) is 14.9 Å². The van der Waals surface area contributed by atoms with Crippen LogP contribution in [0.2, 0.25) is 0 Å². The van der Waals surface area contributed by atoms with Crippen molar-refractivity contribution < 1.29 is 14.3 Å². The lowest BCUT2D eigenvalue weighted by molar-refractivity contribution is 0.197. The number of aliphatic hydroxyl groups is 1. The number of hydrogen-bond acceptors (Lipinski definition) is 2. The van der Waals surface area contributed by atoms with Gasteiger partial charge in [-0.1, -0.05) is 6.07 Å². The van der Waals surface area contributed by atoms with E-state index in [1.165, 1.54) is 12.1 Å². The lowest BCUT2D eigenvalue weighted by atomic mass is 10.1. The topological polar surface area (TPSA) is 52.6 Å². The zero-order chi connectivity index (χ0) is 13.7. The van der Waals surface area contributed by atoms with Crippen molar-refractivity contribution in [3.05, 3.63) is 30.1 Å². The van der Waals surface area contributed by atoms with Crippen molar-refractivity contribution in [1.82, 2.24) is 4.90 Å². The number of benzene rings is 1. The van der Waals surface area contributed by atoms with Gasteiger partial charge in [0.15, 0.2) is 0 Å². The molecule has 104 valence electrons. The molecule has 0 saturated carbocycles. The van der Waals surface area contributed by atoms with E-state index >= 15 is 0 Å². The molecule has 1 saturated heterocycles. The maximum absolute atomic E-state index is 13.0. The van der Waals surface area contributed by atoms with Crippen LogP contribution in [0.3, 0.4) is 0 Å². The number of hydrogen-bond donors (Lipinski definition) is 2. The molecule has 4 nitrogen and oxygen atoms in total. The van der Waals surface area contributed by atoms with Crippen LogP contribution in [0.25, 0.3) is 0 Å². The van der Waals surface area contributed by atoms with Crippen molar-refractivity contribution >= 4 is 11.7 Å². The standard InChI is InChI=1S/C14H19FN2O2/c15-11-4-1-5-12(10-11)16-14(19)17-8-2-6-13(17)7-3-9-18/h1,4-5,10,13,18H,2-3,6-9H2,(H,16,19). The van der Waals surface area contributed by atoms with Gasteiger partial charge in [0.2, 0.25) is 0 Å². The SMILES string of the molecule is O=C(Nc1cccc(F)c1)N1CCCC1CCCO. The fourth-order valence-corrected chi connectivity index (χ4v) is 2.49. The van der Waals surface area contributed by atoms with Gasteiger partial charge in [-0.3, -0.25) is 0 Å². The Morgan fingerprint density at radius 2 is 2.37 bits per heavy atom. The minimum Gasteiger partial charge on any atom is -0.396 e. The van der Waals surface area contributed by atoms with Crippen LogP contribution in [-0.4, -0.2) is 35.2 Å². The fourth-order valence-electron chi connectivity index (χ4n) is 2.49. The predicted octanol–water partition coefficient (Wildman–Crippen LogP) is 2.59. The molecule has 1 fully saturated rings. The number of urea groups is 1. The number of carbonyl (C=O) groups is 1. The molecular formula is C14H19FN2O2. The highest BCUT2D eigenvalue weighted by Gasteiger charge is 2.28. The van der Waals surface area contributed by atoms with Gasteiger partial charge >= 0.3 is 6.03 Å². The molecule has 2 N–H and O–H groups in total. The number of halogens is 1. The third kappa shape index (κ3) is 3.67. The third-order valence-electron chi connectivity index (χ3n) is 3.41. The van der Waals surface area contributed by atoms with Gasteiger partial charge in [0.25, 0.3) is 0 Å². The number of aliphatic hydroxyl groups excluding tert-OH is 1. The molecule has 0 radical (unpaired) electrons. The largest absolute Gasteiger partial charge is 0.396 e. The van der Waals surface area contributed by atoms with E-state index in [2.05, 4.69) is 5.32 Å². The summed E-state index contributed by atoms with van der Waals surface area (Å²) in [5.74, 6) is -0.365. The molecule has 0 bridgehead atoms. The van der Waals surface area contributed by atoms with Crippen LogP contribution >= 0.6 is 0 Å². The normalized spacial score (nSPS) is 18.6. The zero-order valence-corrected chi connectivity index (χ0v) is 10.8. The quantitative estimate of drug-likeness (QED) is 0.880. The highest BCUT2D eigenvalue weighted by atomic mass is 19.1. The first-order valence-corrected chi connectivity index (χ1v) is 6.65. The van der Waals surface area contributed by atoms with Gasteiger partial charge in [-0.2, -0.15) is 0 Å². The molecule has 1 aromatic carbocycles. The van der Waals surface area contributed by atoms with Gasteiger partial charge in [0.05, 0.1) is 0 Å². The summed E-state index contributed by atoms with van der Waals surface area (Å²) in [7, 11) is 0. The second-order valence-corrected chi connectivity index (χ2v) is 4.80. The fraction of sp³-hybridized carbons (Fsp3) is 0.500. The Bertz CT molecular complexity index is 439.